The van der Waals surface area contributed by atoms with Gasteiger partial charge < -0.3 is 5.11 Å². The van der Waals surface area contributed by atoms with Crippen LogP contribution in [-0.4, -0.2) is 35.1 Å². The van der Waals surface area contributed by atoms with Gasteiger partial charge >= 0.3 is 5.97 Å². The van der Waals surface area contributed by atoms with Crippen molar-refractivity contribution in [1.29, 1.82) is 5.26 Å². The van der Waals surface area contributed by atoms with Gasteiger partial charge in [-0.25, -0.2) is 0 Å². The number of likely N-dealkylation sites (N-methyl/N-ethyl adjacent to an activating group) is 1. The summed E-state index contributed by atoms with van der Waals surface area (Å²) in [5.74, 6) is -0.921. The van der Waals surface area contributed by atoms with Gasteiger partial charge in [-0.1, -0.05) is 0 Å². The Kier molecular flexibility index (Phi) is 3.02. The molecule has 0 rings (SSSR count). The van der Waals surface area contributed by atoms with Gasteiger partial charge in [-0.05, 0) is 20.9 Å². The molecule has 0 aliphatic rings. The van der Waals surface area contributed by atoms with Gasteiger partial charge in [0.15, 0.2) is 0 Å². The van der Waals surface area contributed by atoms with Crippen molar-refractivity contribution in [3.63, 3.8) is 0 Å². The van der Waals surface area contributed by atoms with E-state index in [2.05, 4.69) is 0 Å². The summed E-state index contributed by atoms with van der Waals surface area (Å²) in [6.45, 7) is 3.25. The molecule has 4 nitrogen and oxygen atoms in total. The Bertz CT molecular complexity index is 193. The summed E-state index contributed by atoms with van der Waals surface area (Å²) in [6.07, 6.45) is 0. The standard InChI is InChI=1S/C7H12N2O2/c1-7(2,6(10)11)9(3)5-4-8/h5H2,1-3H3,(H,10,11). The van der Waals surface area contributed by atoms with Crippen molar-refractivity contribution in [2.45, 2.75) is 19.4 Å². The predicted molar refractivity (Wildman–Crippen MR) is 40.0 cm³/mol. The fourth-order valence-electron chi connectivity index (χ4n) is 0.467. The Morgan fingerprint density at radius 3 is 2.45 bits per heavy atom. The second-order valence-electron chi connectivity index (χ2n) is 2.88. The van der Waals surface area contributed by atoms with Crippen LogP contribution in [-0.2, 0) is 4.79 Å². The molecule has 0 aliphatic heterocycles. The number of nitriles is 1. The molecule has 4 heteroatoms. The molecule has 0 saturated heterocycles. The first-order chi connectivity index (χ1) is 4.92. The van der Waals surface area contributed by atoms with Crippen molar-refractivity contribution in [2.24, 2.45) is 0 Å². The fraction of sp³-hybridized carbons (Fsp3) is 0.714. The van der Waals surface area contributed by atoms with Crippen LogP contribution in [0.2, 0.25) is 0 Å². The summed E-state index contributed by atoms with van der Waals surface area (Å²) in [5.41, 5.74) is -0.963. The SMILES string of the molecule is CN(CC#N)C(C)(C)C(=O)O. The van der Waals surface area contributed by atoms with E-state index in [1.54, 1.807) is 20.9 Å². The van der Waals surface area contributed by atoms with E-state index < -0.39 is 11.5 Å². The molecule has 0 aromatic heterocycles. The lowest BCUT2D eigenvalue weighted by molar-refractivity contribution is -0.148. The monoisotopic (exact) mass is 156 g/mol. The van der Waals surface area contributed by atoms with E-state index in [-0.39, 0.29) is 6.54 Å². The number of carboxylic acids is 1. The highest BCUT2D eigenvalue weighted by Crippen LogP contribution is 2.10. The minimum atomic E-state index is -0.963. The van der Waals surface area contributed by atoms with Gasteiger partial charge in [0, 0.05) is 0 Å². The summed E-state index contributed by atoms with van der Waals surface area (Å²) in [6, 6.07) is 1.89. The van der Waals surface area contributed by atoms with Crippen molar-refractivity contribution < 1.29 is 9.90 Å². The highest BCUT2D eigenvalue weighted by molar-refractivity contribution is 5.77. The quantitative estimate of drug-likeness (QED) is 0.597. The largest absolute Gasteiger partial charge is 0.480 e. The lowest BCUT2D eigenvalue weighted by atomic mass is 10.0. The number of aliphatic carboxylic acids is 1. The van der Waals surface area contributed by atoms with Crippen molar-refractivity contribution in [1.82, 2.24) is 4.90 Å². The van der Waals surface area contributed by atoms with Crippen LogP contribution in [0.1, 0.15) is 13.8 Å². The number of carboxylic acid groups (broad SMARTS) is 1. The molecule has 0 radical (unpaired) electrons. The molecule has 0 heterocycles. The molecule has 11 heavy (non-hydrogen) atoms. The van der Waals surface area contributed by atoms with E-state index in [1.165, 1.54) is 4.90 Å². The maximum Gasteiger partial charge on any atom is 0.323 e. The number of carbonyl (C=O) groups is 1. The summed E-state index contributed by atoms with van der Waals surface area (Å²) in [5, 5.41) is 17.0. The molecule has 0 bridgehead atoms. The fourth-order valence-corrected chi connectivity index (χ4v) is 0.467. The third-order valence-electron chi connectivity index (χ3n) is 1.79. The molecule has 0 unspecified atom stereocenters. The van der Waals surface area contributed by atoms with Crippen LogP contribution >= 0.6 is 0 Å². The van der Waals surface area contributed by atoms with Crippen molar-refractivity contribution in [3.8, 4) is 6.07 Å². The zero-order valence-electron chi connectivity index (χ0n) is 6.96. The molecule has 0 saturated carbocycles. The number of hydrogen-bond donors (Lipinski definition) is 1. The minimum Gasteiger partial charge on any atom is -0.480 e. The molecule has 0 amide bonds. The average Bonchev–Trinajstić information content (AvgIpc) is 1.88. The van der Waals surface area contributed by atoms with Crippen LogP contribution in [0, 0.1) is 11.3 Å². The third-order valence-corrected chi connectivity index (χ3v) is 1.79. The number of hydrogen-bond acceptors (Lipinski definition) is 3. The van der Waals surface area contributed by atoms with Gasteiger partial charge in [0.05, 0.1) is 12.6 Å². The number of rotatable bonds is 3. The highest BCUT2D eigenvalue weighted by Gasteiger charge is 2.31. The summed E-state index contributed by atoms with van der Waals surface area (Å²) < 4.78 is 0. The van der Waals surface area contributed by atoms with Gasteiger partial charge in [0.2, 0.25) is 0 Å². The Balaban J connectivity index is 4.31. The predicted octanol–water partition coefficient (Wildman–Crippen LogP) is 0.305. The first-order valence-electron chi connectivity index (χ1n) is 3.24. The van der Waals surface area contributed by atoms with Crippen molar-refractivity contribution in [3.05, 3.63) is 0 Å². The van der Waals surface area contributed by atoms with E-state index in [9.17, 15) is 4.79 Å². The maximum absolute atomic E-state index is 10.6. The molecular weight excluding hydrogens is 144 g/mol. The Morgan fingerprint density at radius 1 is 1.73 bits per heavy atom. The van der Waals surface area contributed by atoms with E-state index >= 15 is 0 Å². The summed E-state index contributed by atoms with van der Waals surface area (Å²) >= 11 is 0. The summed E-state index contributed by atoms with van der Waals surface area (Å²) in [7, 11) is 1.61. The Labute approximate surface area is 66.0 Å². The average molecular weight is 156 g/mol. The number of nitrogens with zero attached hydrogens (tertiary/aromatic N) is 2. The molecule has 0 aliphatic carbocycles. The molecule has 62 valence electrons. The van der Waals surface area contributed by atoms with Gasteiger partial charge in [-0.3, -0.25) is 9.69 Å². The first kappa shape index (κ1) is 9.92. The topological polar surface area (TPSA) is 64.3 Å². The molecule has 1 N–H and O–H groups in total. The highest BCUT2D eigenvalue weighted by atomic mass is 16.4. The third kappa shape index (κ3) is 2.20. The minimum absolute atomic E-state index is 0.124. The van der Waals surface area contributed by atoms with Gasteiger partial charge in [-0.15, -0.1) is 0 Å². The molecular formula is C7H12N2O2. The summed E-state index contributed by atoms with van der Waals surface area (Å²) in [4.78, 5) is 12.1. The molecule has 0 atom stereocenters. The van der Waals surface area contributed by atoms with Gasteiger partial charge in [-0.2, -0.15) is 5.26 Å². The van der Waals surface area contributed by atoms with Crippen molar-refractivity contribution in [2.75, 3.05) is 13.6 Å². The lowest BCUT2D eigenvalue weighted by Crippen LogP contribution is -2.47. The van der Waals surface area contributed by atoms with E-state index in [0.29, 0.717) is 0 Å². The smallest absolute Gasteiger partial charge is 0.323 e. The molecule has 0 fully saturated rings. The van der Waals surface area contributed by atoms with E-state index in [4.69, 9.17) is 10.4 Å². The first-order valence-corrected chi connectivity index (χ1v) is 3.24. The maximum atomic E-state index is 10.6. The van der Waals surface area contributed by atoms with Crippen LogP contribution in [0.5, 0.6) is 0 Å². The Morgan fingerprint density at radius 2 is 2.18 bits per heavy atom. The normalized spacial score (nSPS) is 11.2. The zero-order chi connectivity index (χ0) is 9.07. The van der Waals surface area contributed by atoms with Crippen LogP contribution in [0.3, 0.4) is 0 Å². The van der Waals surface area contributed by atoms with E-state index in [0.717, 1.165) is 0 Å². The lowest BCUT2D eigenvalue weighted by Gasteiger charge is -2.28. The van der Waals surface area contributed by atoms with Gasteiger partial charge in [0.1, 0.15) is 5.54 Å². The zero-order valence-corrected chi connectivity index (χ0v) is 6.96. The van der Waals surface area contributed by atoms with Crippen LogP contribution in [0.15, 0.2) is 0 Å². The molecule has 0 aromatic rings. The van der Waals surface area contributed by atoms with Crippen LogP contribution < -0.4 is 0 Å². The molecule has 0 spiro atoms. The second-order valence-corrected chi connectivity index (χ2v) is 2.88. The van der Waals surface area contributed by atoms with E-state index in [1.807, 2.05) is 6.07 Å². The van der Waals surface area contributed by atoms with Gasteiger partial charge in [0.25, 0.3) is 0 Å². The van der Waals surface area contributed by atoms with Crippen LogP contribution in [0.25, 0.3) is 0 Å². The van der Waals surface area contributed by atoms with Crippen molar-refractivity contribution >= 4 is 5.97 Å². The Hall–Kier alpha value is -1.08. The second kappa shape index (κ2) is 3.35. The molecule has 0 aromatic carbocycles. The van der Waals surface area contributed by atoms with Crippen LogP contribution in [0.4, 0.5) is 0 Å².